The van der Waals surface area contributed by atoms with E-state index in [-0.39, 0.29) is 23.9 Å². The van der Waals surface area contributed by atoms with Gasteiger partial charge in [0, 0.05) is 18.5 Å². The van der Waals surface area contributed by atoms with Crippen molar-refractivity contribution in [3.63, 3.8) is 0 Å². The van der Waals surface area contributed by atoms with Crippen LogP contribution in [0.1, 0.15) is 43.6 Å². The van der Waals surface area contributed by atoms with E-state index in [0.29, 0.717) is 18.5 Å². The molecule has 0 aliphatic carbocycles. The Morgan fingerprint density at radius 1 is 1.29 bits per heavy atom. The van der Waals surface area contributed by atoms with E-state index >= 15 is 0 Å². The molecule has 6 heteroatoms. The number of hydrogen-bond acceptors (Lipinski definition) is 4. The van der Waals surface area contributed by atoms with E-state index in [1.54, 1.807) is 19.1 Å². The number of esters is 1. The van der Waals surface area contributed by atoms with Gasteiger partial charge in [0.25, 0.3) is 5.91 Å². The number of cyclic esters (lactones) is 1. The van der Waals surface area contributed by atoms with Gasteiger partial charge in [-0.3, -0.25) is 9.59 Å². The Morgan fingerprint density at radius 2 is 1.96 bits per heavy atom. The highest BCUT2D eigenvalue weighted by atomic mass is 16.5. The van der Waals surface area contributed by atoms with Gasteiger partial charge in [-0.25, -0.2) is 4.79 Å². The number of carbonyl (C=O) groups is 3. The highest BCUT2D eigenvalue weighted by Crippen LogP contribution is 2.21. The minimum atomic E-state index is -0.880. The summed E-state index contributed by atoms with van der Waals surface area (Å²) in [6.45, 7) is 7.74. The van der Waals surface area contributed by atoms with Crippen LogP contribution in [0.4, 0.5) is 0 Å². The van der Waals surface area contributed by atoms with Crippen LogP contribution in [0.3, 0.4) is 0 Å². The number of nitrogens with zero attached hydrogens (tertiary/aromatic N) is 1. The molecule has 24 heavy (non-hydrogen) atoms. The number of nitrogens with one attached hydrogen (secondary N) is 1. The van der Waals surface area contributed by atoms with Crippen LogP contribution in [0.2, 0.25) is 0 Å². The maximum atomic E-state index is 12.7. The topological polar surface area (TPSA) is 75.7 Å². The van der Waals surface area contributed by atoms with Gasteiger partial charge in [-0.05, 0) is 39.3 Å². The van der Waals surface area contributed by atoms with Gasteiger partial charge in [0.05, 0.1) is 12.1 Å². The van der Waals surface area contributed by atoms with E-state index in [0.717, 1.165) is 5.56 Å². The molecule has 1 aromatic rings. The number of ether oxygens (including phenoxy) is 1. The van der Waals surface area contributed by atoms with Crippen molar-refractivity contribution in [1.82, 2.24) is 10.2 Å². The fourth-order valence-corrected chi connectivity index (χ4v) is 2.65. The van der Waals surface area contributed by atoms with E-state index in [4.69, 9.17) is 4.74 Å². The predicted molar refractivity (Wildman–Crippen MR) is 89.5 cm³/mol. The summed E-state index contributed by atoms with van der Waals surface area (Å²) in [4.78, 5) is 38.2. The minimum Gasteiger partial charge on any atom is -0.448 e. The molecule has 0 saturated carbocycles. The van der Waals surface area contributed by atoms with Gasteiger partial charge in [0.1, 0.15) is 0 Å². The van der Waals surface area contributed by atoms with Crippen LogP contribution < -0.4 is 5.32 Å². The molecule has 1 atom stereocenters. The van der Waals surface area contributed by atoms with Crippen molar-refractivity contribution in [2.45, 2.75) is 45.8 Å². The second kappa shape index (κ2) is 7.03. The normalized spacial score (nSPS) is 16.8. The summed E-state index contributed by atoms with van der Waals surface area (Å²) in [6.07, 6.45) is -0.548. The van der Waals surface area contributed by atoms with Gasteiger partial charge in [0.2, 0.25) is 5.91 Å². The maximum Gasteiger partial charge on any atom is 0.339 e. The highest BCUT2D eigenvalue weighted by molar-refractivity contribution is 5.96. The number of fused-ring (bicyclic) bond motifs is 1. The second-order valence-corrected chi connectivity index (χ2v) is 6.91. The molecule has 0 radical (unpaired) electrons. The molecule has 1 aromatic carbocycles. The fraction of sp³-hybridized carbons (Fsp3) is 0.500. The smallest absolute Gasteiger partial charge is 0.339 e. The van der Waals surface area contributed by atoms with Crippen molar-refractivity contribution >= 4 is 17.8 Å². The fourth-order valence-electron chi connectivity index (χ4n) is 2.65. The quantitative estimate of drug-likeness (QED) is 0.849. The molecule has 0 fully saturated rings. The van der Waals surface area contributed by atoms with Crippen LogP contribution in [0.15, 0.2) is 24.3 Å². The lowest BCUT2D eigenvalue weighted by Gasteiger charge is -2.30. The SMILES string of the molecule is CCN(CC(=O)NC(C)(C)C)C(=O)C1Cc2ccccc2C(=O)O1. The predicted octanol–water partition coefficient (Wildman–Crippen LogP) is 1.53. The van der Waals surface area contributed by atoms with E-state index in [1.807, 2.05) is 32.9 Å². The Hall–Kier alpha value is -2.37. The average Bonchev–Trinajstić information content (AvgIpc) is 2.50. The summed E-state index contributed by atoms with van der Waals surface area (Å²) in [5.41, 5.74) is 0.924. The van der Waals surface area contributed by atoms with Gasteiger partial charge >= 0.3 is 5.97 Å². The molecule has 0 spiro atoms. The lowest BCUT2D eigenvalue weighted by Crippen LogP contribution is -2.50. The van der Waals surface area contributed by atoms with E-state index in [2.05, 4.69) is 5.32 Å². The van der Waals surface area contributed by atoms with Gasteiger partial charge in [-0.2, -0.15) is 0 Å². The number of benzene rings is 1. The molecule has 0 aromatic heterocycles. The standard InChI is InChI=1S/C18H24N2O4/c1-5-20(11-15(21)19-18(2,3)4)16(22)14-10-12-8-6-7-9-13(12)17(23)24-14/h6-9,14H,5,10-11H2,1-4H3,(H,19,21). The molecule has 1 aliphatic heterocycles. The lowest BCUT2D eigenvalue weighted by atomic mass is 9.98. The van der Waals surface area contributed by atoms with Crippen LogP contribution >= 0.6 is 0 Å². The average molecular weight is 332 g/mol. The Labute approximate surface area is 142 Å². The van der Waals surface area contributed by atoms with Crippen molar-refractivity contribution < 1.29 is 19.1 Å². The zero-order valence-corrected chi connectivity index (χ0v) is 14.6. The number of carbonyl (C=O) groups excluding carboxylic acids is 3. The van der Waals surface area contributed by atoms with Gasteiger partial charge < -0.3 is 15.0 Å². The van der Waals surface area contributed by atoms with Crippen LogP contribution in [-0.4, -0.2) is 47.4 Å². The van der Waals surface area contributed by atoms with E-state index in [1.165, 1.54) is 4.90 Å². The molecular weight excluding hydrogens is 308 g/mol. The molecule has 2 amide bonds. The van der Waals surface area contributed by atoms with Crippen LogP contribution in [0, 0.1) is 0 Å². The molecule has 1 N–H and O–H groups in total. The first-order valence-electron chi connectivity index (χ1n) is 8.10. The minimum absolute atomic E-state index is 0.0533. The van der Waals surface area contributed by atoms with Crippen molar-refractivity contribution in [2.24, 2.45) is 0 Å². The molecule has 1 heterocycles. The Morgan fingerprint density at radius 3 is 2.58 bits per heavy atom. The number of rotatable bonds is 4. The molecule has 2 rings (SSSR count). The summed E-state index contributed by atoms with van der Waals surface area (Å²) in [7, 11) is 0. The van der Waals surface area contributed by atoms with Gasteiger partial charge in [0.15, 0.2) is 6.10 Å². The first-order valence-corrected chi connectivity index (χ1v) is 8.10. The third-order valence-electron chi connectivity index (χ3n) is 3.71. The Balaban J connectivity index is 2.07. The molecule has 0 bridgehead atoms. The molecular formula is C18H24N2O4. The summed E-state index contributed by atoms with van der Waals surface area (Å²) in [6, 6.07) is 7.09. The zero-order chi connectivity index (χ0) is 17.9. The highest BCUT2D eigenvalue weighted by Gasteiger charge is 2.34. The van der Waals surface area contributed by atoms with Gasteiger partial charge in [-0.1, -0.05) is 18.2 Å². The molecule has 1 aliphatic rings. The molecule has 0 saturated heterocycles. The van der Waals surface area contributed by atoms with Gasteiger partial charge in [-0.15, -0.1) is 0 Å². The van der Waals surface area contributed by atoms with Crippen molar-refractivity contribution in [3.8, 4) is 0 Å². The summed E-state index contributed by atoms with van der Waals surface area (Å²) >= 11 is 0. The second-order valence-electron chi connectivity index (χ2n) is 6.91. The largest absolute Gasteiger partial charge is 0.448 e. The molecule has 1 unspecified atom stereocenters. The first kappa shape index (κ1) is 18.0. The van der Waals surface area contributed by atoms with Crippen molar-refractivity contribution in [1.29, 1.82) is 0 Å². The third-order valence-corrected chi connectivity index (χ3v) is 3.71. The molecule has 130 valence electrons. The van der Waals surface area contributed by atoms with E-state index in [9.17, 15) is 14.4 Å². The summed E-state index contributed by atoms with van der Waals surface area (Å²) in [5, 5.41) is 2.83. The van der Waals surface area contributed by atoms with E-state index < -0.39 is 12.1 Å². The Bertz CT molecular complexity index is 649. The van der Waals surface area contributed by atoms with Crippen LogP contribution in [0.25, 0.3) is 0 Å². The summed E-state index contributed by atoms with van der Waals surface area (Å²) in [5.74, 6) is -1.07. The van der Waals surface area contributed by atoms with Crippen LogP contribution in [-0.2, 0) is 20.7 Å². The number of likely N-dealkylation sites (N-methyl/N-ethyl adjacent to an activating group) is 1. The maximum absolute atomic E-state index is 12.7. The lowest BCUT2D eigenvalue weighted by molar-refractivity contribution is -0.144. The van der Waals surface area contributed by atoms with Crippen molar-refractivity contribution in [2.75, 3.05) is 13.1 Å². The Kier molecular flexibility index (Phi) is 5.26. The zero-order valence-electron chi connectivity index (χ0n) is 14.6. The summed E-state index contributed by atoms with van der Waals surface area (Å²) < 4.78 is 5.28. The monoisotopic (exact) mass is 332 g/mol. The number of amides is 2. The van der Waals surface area contributed by atoms with Crippen molar-refractivity contribution in [3.05, 3.63) is 35.4 Å². The first-order chi connectivity index (χ1) is 11.2. The third kappa shape index (κ3) is 4.34. The van der Waals surface area contributed by atoms with Crippen LogP contribution in [0.5, 0.6) is 0 Å². The number of hydrogen-bond donors (Lipinski definition) is 1. The molecule has 6 nitrogen and oxygen atoms in total.